The fourth-order valence-corrected chi connectivity index (χ4v) is 3.81. The highest BCUT2D eigenvalue weighted by molar-refractivity contribution is 5.06. The van der Waals surface area contributed by atoms with Crippen LogP contribution < -0.4 is 0 Å². The van der Waals surface area contributed by atoms with Crippen LogP contribution in [0.4, 0.5) is 0 Å². The van der Waals surface area contributed by atoms with Gasteiger partial charge in [0.15, 0.2) is 0 Å². The van der Waals surface area contributed by atoms with Gasteiger partial charge in [-0.15, -0.1) is 0 Å². The highest BCUT2D eigenvalue weighted by atomic mass is 16.5. The average Bonchev–Trinajstić information content (AvgIpc) is 2.88. The topological polar surface area (TPSA) is 38.7 Å². The molecule has 1 aliphatic heterocycles. The molecule has 1 spiro atoms. The molecule has 0 aromatic heterocycles. The molecule has 3 nitrogen and oxygen atoms in total. The van der Waals surface area contributed by atoms with Crippen LogP contribution in [0.2, 0.25) is 0 Å². The number of ether oxygens (including phenoxy) is 2. The van der Waals surface area contributed by atoms with Gasteiger partial charge in [-0.05, 0) is 32.1 Å². The number of aliphatic hydroxyl groups excluding tert-OH is 1. The standard InChI is InChI=1S/C14H24O3/c15-12-9-13(14(12)6-2-3-7-14)17-10-11-5-1-4-8-16-11/h11-13,15H,1-10H2. The Bertz CT molecular complexity index is 254. The van der Waals surface area contributed by atoms with Gasteiger partial charge >= 0.3 is 0 Å². The molecule has 0 aromatic carbocycles. The number of rotatable bonds is 3. The molecular formula is C14H24O3. The quantitative estimate of drug-likeness (QED) is 0.822. The van der Waals surface area contributed by atoms with Gasteiger partial charge in [0, 0.05) is 18.4 Å². The van der Waals surface area contributed by atoms with E-state index in [2.05, 4.69) is 0 Å². The van der Waals surface area contributed by atoms with E-state index in [1.54, 1.807) is 0 Å². The molecule has 2 aliphatic carbocycles. The van der Waals surface area contributed by atoms with Crippen LogP contribution >= 0.6 is 0 Å². The third-order valence-corrected chi connectivity index (χ3v) is 5.03. The Morgan fingerprint density at radius 1 is 1.18 bits per heavy atom. The predicted octanol–water partition coefficient (Wildman–Crippen LogP) is 2.27. The molecule has 3 atom stereocenters. The van der Waals surface area contributed by atoms with E-state index in [1.165, 1.54) is 25.7 Å². The van der Waals surface area contributed by atoms with Crippen molar-refractivity contribution < 1.29 is 14.6 Å². The maximum absolute atomic E-state index is 9.99. The first-order chi connectivity index (χ1) is 8.31. The van der Waals surface area contributed by atoms with Crippen molar-refractivity contribution in [3.8, 4) is 0 Å². The lowest BCUT2D eigenvalue weighted by atomic mass is 9.62. The molecule has 2 saturated carbocycles. The molecule has 1 heterocycles. The summed E-state index contributed by atoms with van der Waals surface area (Å²) in [4.78, 5) is 0. The van der Waals surface area contributed by atoms with Crippen molar-refractivity contribution >= 4 is 0 Å². The summed E-state index contributed by atoms with van der Waals surface area (Å²) in [6.07, 6.45) is 9.78. The van der Waals surface area contributed by atoms with Gasteiger partial charge in [0.25, 0.3) is 0 Å². The van der Waals surface area contributed by atoms with Crippen LogP contribution in [-0.2, 0) is 9.47 Å². The van der Waals surface area contributed by atoms with Crippen molar-refractivity contribution in [1.82, 2.24) is 0 Å². The Balaban J connectivity index is 1.49. The molecule has 3 fully saturated rings. The highest BCUT2D eigenvalue weighted by Crippen LogP contribution is 2.54. The molecule has 3 aliphatic rings. The molecule has 0 radical (unpaired) electrons. The smallest absolute Gasteiger partial charge is 0.0808 e. The van der Waals surface area contributed by atoms with Crippen LogP contribution in [0.15, 0.2) is 0 Å². The van der Waals surface area contributed by atoms with Crippen LogP contribution in [-0.4, -0.2) is 36.6 Å². The summed E-state index contributed by atoms with van der Waals surface area (Å²) in [7, 11) is 0. The van der Waals surface area contributed by atoms with Crippen molar-refractivity contribution in [2.75, 3.05) is 13.2 Å². The van der Waals surface area contributed by atoms with E-state index in [9.17, 15) is 5.11 Å². The maximum Gasteiger partial charge on any atom is 0.0808 e. The van der Waals surface area contributed by atoms with E-state index in [4.69, 9.17) is 9.47 Å². The first kappa shape index (κ1) is 11.9. The van der Waals surface area contributed by atoms with E-state index in [1.807, 2.05) is 0 Å². The van der Waals surface area contributed by atoms with E-state index in [-0.39, 0.29) is 11.5 Å². The van der Waals surface area contributed by atoms with Gasteiger partial charge in [-0.2, -0.15) is 0 Å². The summed E-state index contributed by atoms with van der Waals surface area (Å²) in [5.41, 5.74) is 0.120. The minimum absolute atomic E-state index is 0.109. The molecule has 0 aromatic rings. The Hall–Kier alpha value is -0.120. The van der Waals surface area contributed by atoms with Gasteiger partial charge < -0.3 is 14.6 Å². The van der Waals surface area contributed by atoms with Crippen molar-refractivity contribution in [2.45, 2.75) is 69.7 Å². The molecule has 3 unspecified atom stereocenters. The van der Waals surface area contributed by atoms with Crippen molar-refractivity contribution in [3.05, 3.63) is 0 Å². The van der Waals surface area contributed by atoms with Crippen molar-refractivity contribution in [3.63, 3.8) is 0 Å². The molecule has 0 amide bonds. The van der Waals surface area contributed by atoms with Crippen LogP contribution in [0.25, 0.3) is 0 Å². The minimum atomic E-state index is -0.109. The van der Waals surface area contributed by atoms with Crippen LogP contribution in [0.1, 0.15) is 51.4 Å². The second kappa shape index (κ2) is 4.87. The fourth-order valence-electron chi connectivity index (χ4n) is 3.81. The highest BCUT2D eigenvalue weighted by Gasteiger charge is 2.56. The van der Waals surface area contributed by atoms with Gasteiger partial charge in [-0.1, -0.05) is 12.8 Å². The largest absolute Gasteiger partial charge is 0.392 e. The van der Waals surface area contributed by atoms with Gasteiger partial charge in [0.05, 0.1) is 24.9 Å². The third kappa shape index (κ3) is 2.13. The number of hydrogen-bond acceptors (Lipinski definition) is 3. The lowest BCUT2D eigenvalue weighted by Gasteiger charge is -2.51. The van der Waals surface area contributed by atoms with E-state index in [0.29, 0.717) is 12.2 Å². The summed E-state index contributed by atoms with van der Waals surface area (Å²) in [5, 5.41) is 9.99. The zero-order valence-corrected chi connectivity index (χ0v) is 10.6. The predicted molar refractivity (Wildman–Crippen MR) is 64.9 cm³/mol. The maximum atomic E-state index is 9.99. The number of aliphatic hydroxyl groups is 1. The minimum Gasteiger partial charge on any atom is -0.392 e. The Morgan fingerprint density at radius 2 is 2.00 bits per heavy atom. The van der Waals surface area contributed by atoms with Gasteiger partial charge in [-0.25, -0.2) is 0 Å². The first-order valence-corrected chi connectivity index (χ1v) is 7.22. The Morgan fingerprint density at radius 3 is 2.65 bits per heavy atom. The van der Waals surface area contributed by atoms with Crippen molar-refractivity contribution in [2.24, 2.45) is 5.41 Å². The van der Waals surface area contributed by atoms with Gasteiger partial charge in [-0.3, -0.25) is 0 Å². The normalized spacial score (nSPS) is 40.4. The first-order valence-electron chi connectivity index (χ1n) is 7.22. The molecular weight excluding hydrogens is 216 g/mol. The molecule has 0 bridgehead atoms. The third-order valence-electron chi connectivity index (χ3n) is 5.03. The SMILES string of the molecule is OC1CC(OCC2CCCCO2)C12CCCC2. The summed E-state index contributed by atoms with van der Waals surface area (Å²) in [6.45, 7) is 1.63. The molecule has 1 saturated heterocycles. The van der Waals surface area contributed by atoms with Crippen molar-refractivity contribution in [1.29, 1.82) is 0 Å². The lowest BCUT2D eigenvalue weighted by molar-refractivity contribution is -0.202. The van der Waals surface area contributed by atoms with Crippen LogP contribution in [0.5, 0.6) is 0 Å². The zero-order valence-electron chi connectivity index (χ0n) is 10.6. The summed E-state index contributed by atoms with van der Waals surface area (Å²) >= 11 is 0. The average molecular weight is 240 g/mol. The Labute approximate surface area is 103 Å². The molecule has 3 rings (SSSR count). The molecule has 3 heteroatoms. The lowest BCUT2D eigenvalue weighted by Crippen LogP contribution is -2.57. The zero-order chi connectivity index (χ0) is 11.7. The van der Waals surface area contributed by atoms with Crippen LogP contribution in [0.3, 0.4) is 0 Å². The van der Waals surface area contributed by atoms with Gasteiger partial charge in [0.1, 0.15) is 0 Å². The van der Waals surface area contributed by atoms with Crippen LogP contribution in [0, 0.1) is 5.41 Å². The van der Waals surface area contributed by atoms with E-state index >= 15 is 0 Å². The second-order valence-electron chi connectivity index (χ2n) is 6.00. The molecule has 98 valence electrons. The summed E-state index contributed by atoms with van der Waals surface area (Å²) < 4.78 is 11.7. The molecule has 17 heavy (non-hydrogen) atoms. The Kier molecular flexibility index (Phi) is 3.42. The monoisotopic (exact) mass is 240 g/mol. The second-order valence-corrected chi connectivity index (χ2v) is 6.00. The number of hydrogen-bond donors (Lipinski definition) is 1. The van der Waals surface area contributed by atoms with E-state index in [0.717, 1.165) is 38.9 Å². The van der Waals surface area contributed by atoms with E-state index < -0.39 is 0 Å². The summed E-state index contributed by atoms with van der Waals surface area (Å²) in [6, 6.07) is 0. The van der Waals surface area contributed by atoms with Gasteiger partial charge in [0.2, 0.25) is 0 Å². The fraction of sp³-hybridized carbons (Fsp3) is 1.00. The molecule has 1 N–H and O–H groups in total. The summed E-state index contributed by atoms with van der Waals surface area (Å²) in [5.74, 6) is 0.